The van der Waals surface area contributed by atoms with Crippen LogP contribution >= 0.6 is 11.3 Å². The molecule has 0 fully saturated rings. The van der Waals surface area contributed by atoms with E-state index in [1.165, 1.54) is 5.56 Å². The quantitative estimate of drug-likeness (QED) is 0.485. The Morgan fingerprint density at radius 1 is 1.06 bits per heavy atom. The van der Waals surface area contributed by atoms with Crippen LogP contribution in [0.5, 0.6) is 0 Å². The molecule has 0 bridgehead atoms. The van der Waals surface area contributed by atoms with Crippen molar-refractivity contribution in [2.75, 3.05) is 18.5 Å². The van der Waals surface area contributed by atoms with Crippen LogP contribution in [0.1, 0.15) is 57.7 Å². The highest BCUT2D eigenvalue weighted by Crippen LogP contribution is 2.45. The van der Waals surface area contributed by atoms with Crippen molar-refractivity contribution >= 4 is 28.8 Å². The zero-order valence-electron chi connectivity index (χ0n) is 19.3. The number of thiophene rings is 1. The van der Waals surface area contributed by atoms with Gasteiger partial charge in [-0.15, -0.1) is 11.3 Å². The number of rotatable bonds is 5. The van der Waals surface area contributed by atoms with Crippen molar-refractivity contribution < 1.29 is 9.59 Å². The van der Waals surface area contributed by atoms with Crippen LogP contribution in [0.15, 0.2) is 60.0 Å². The van der Waals surface area contributed by atoms with Crippen molar-refractivity contribution in [3.63, 3.8) is 0 Å². The lowest BCUT2D eigenvalue weighted by atomic mass is 9.80. The normalized spacial score (nSPS) is 18.1. The van der Waals surface area contributed by atoms with Gasteiger partial charge in [-0.05, 0) is 66.1 Å². The summed E-state index contributed by atoms with van der Waals surface area (Å²) in [5.74, 6) is -0.168. The third kappa shape index (κ3) is 3.97. The summed E-state index contributed by atoms with van der Waals surface area (Å²) in [5.41, 5.74) is 4.66. The molecule has 1 aliphatic rings. The smallest absolute Gasteiger partial charge is 0.254 e. The lowest BCUT2D eigenvalue weighted by Gasteiger charge is -2.43. The molecule has 2 heterocycles. The summed E-state index contributed by atoms with van der Waals surface area (Å²) in [4.78, 5) is 32.3. The van der Waals surface area contributed by atoms with Crippen molar-refractivity contribution in [3.8, 4) is 0 Å². The van der Waals surface area contributed by atoms with Gasteiger partial charge in [0.25, 0.3) is 5.91 Å². The van der Waals surface area contributed by atoms with Gasteiger partial charge in [0.2, 0.25) is 5.91 Å². The third-order valence-electron chi connectivity index (χ3n) is 6.31. The number of amides is 2. The molecule has 2 amide bonds. The Bertz CT molecular complexity index is 1140. The van der Waals surface area contributed by atoms with Gasteiger partial charge in [-0.2, -0.15) is 0 Å². The van der Waals surface area contributed by atoms with E-state index in [4.69, 9.17) is 0 Å². The van der Waals surface area contributed by atoms with Crippen molar-refractivity contribution in [3.05, 3.63) is 87.1 Å². The second kappa shape index (κ2) is 8.91. The van der Waals surface area contributed by atoms with E-state index >= 15 is 0 Å². The molecule has 0 unspecified atom stereocenters. The molecule has 4 nitrogen and oxygen atoms in total. The van der Waals surface area contributed by atoms with E-state index in [-0.39, 0.29) is 17.9 Å². The maximum atomic E-state index is 14.1. The molecule has 0 saturated carbocycles. The van der Waals surface area contributed by atoms with E-state index in [0.29, 0.717) is 18.0 Å². The van der Waals surface area contributed by atoms with E-state index in [1.54, 1.807) is 16.2 Å². The van der Waals surface area contributed by atoms with E-state index < -0.39 is 5.92 Å². The van der Waals surface area contributed by atoms with E-state index in [0.717, 1.165) is 21.7 Å². The number of anilines is 1. The summed E-state index contributed by atoms with van der Waals surface area (Å²) in [6.45, 7) is 8.95. The molecule has 1 aliphatic heterocycles. The van der Waals surface area contributed by atoms with Gasteiger partial charge in [-0.25, -0.2) is 0 Å². The van der Waals surface area contributed by atoms with Crippen LogP contribution in [0.4, 0.5) is 5.69 Å². The number of nitrogens with zero attached hydrogens (tertiary/aromatic N) is 2. The van der Waals surface area contributed by atoms with Gasteiger partial charge in [0.15, 0.2) is 0 Å². The maximum absolute atomic E-state index is 14.1. The first-order chi connectivity index (χ1) is 15.3. The first-order valence-electron chi connectivity index (χ1n) is 11.1. The predicted octanol–water partition coefficient (Wildman–Crippen LogP) is 5.96. The SMILES string of the molecule is Cc1ccc(N(C)C(=O)[C@@H]2c3ccccc3C(=O)N(CC(C)C)[C@@H]2c2cccs2)cc1C. The van der Waals surface area contributed by atoms with Gasteiger partial charge in [-0.1, -0.05) is 44.2 Å². The van der Waals surface area contributed by atoms with Crippen LogP contribution in [-0.4, -0.2) is 30.3 Å². The topological polar surface area (TPSA) is 40.6 Å². The Balaban J connectivity index is 1.85. The second-order valence-corrected chi connectivity index (χ2v) is 10.0. The number of hydrogen-bond acceptors (Lipinski definition) is 3. The fourth-order valence-corrected chi connectivity index (χ4v) is 5.37. The molecule has 0 N–H and O–H groups in total. The number of aryl methyl sites for hydroxylation is 2. The molecule has 2 atom stereocenters. The number of hydrogen-bond donors (Lipinski definition) is 0. The van der Waals surface area contributed by atoms with Crippen LogP contribution in [0, 0.1) is 19.8 Å². The Morgan fingerprint density at radius 3 is 2.47 bits per heavy atom. The van der Waals surface area contributed by atoms with Gasteiger partial charge < -0.3 is 9.80 Å². The summed E-state index contributed by atoms with van der Waals surface area (Å²) < 4.78 is 0. The highest BCUT2D eigenvalue weighted by Gasteiger charge is 2.45. The van der Waals surface area contributed by atoms with Crippen molar-refractivity contribution in [1.29, 1.82) is 0 Å². The summed E-state index contributed by atoms with van der Waals surface area (Å²) in [7, 11) is 1.84. The van der Waals surface area contributed by atoms with Crippen molar-refractivity contribution in [1.82, 2.24) is 4.90 Å². The fourth-order valence-electron chi connectivity index (χ4n) is 4.50. The minimum Gasteiger partial charge on any atom is -0.329 e. The van der Waals surface area contributed by atoms with Crippen LogP contribution in [0.2, 0.25) is 0 Å². The van der Waals surface area contributed by atoms with Crippen molar-refractivity contribution in [2.45, 2.75) is 39.7 Å². The van der Waals surface area contributed by atoms with Gasteiger partial charge in [0.05, 0.1) is 12.0 Å². The molecule has 0 radical (unpaired) electrons. The van der Waals surface area contributed by atoms with Crippen LogP contribution in [-0.2, 0) is 4.79 Å². The first-order valence-corrected chi connectivity index (χ1v) is 12.0. The number of carbonyl (C=O) groups is 2. The summed E-state index contributed by atoms with van der Waals surface area (Å²) in [6.07, 6.45) is 0. The zero-order chi connectivity index (χ0) is 23.0. The van der Waals surface area contributed by atoms with E-state index in [1.807, 2.05) is 59.8 Å². The standard InChI is InChI=1S/C27H30N2O2S/c1-17(2)16-29-25(23-11-8-14-32-23)24(21-9-6-7-10-22(21)26(29)30)27(31)28(5)20-13-12-18(3)19(4)15-20/h6-15,17,24-25H,16H2,1-5H3/t24-,25-/m1/s1. The molecular formula is C27H30N2O2S. The average molecular weight is 447 g/mol. The predicted molar refractivity (Wildman–Crippen MR) is 131 cm³/mol. The summed E-state index contributed by atoms with van der Waals surface area (Å²) >= 11 is 1.61. The second-order valence-electron chi connectivity index (χ2n) is 9.04. The third-order valence-corrected chi connectivity index (χ3v) is 7.25. The number of benzene rings is 2. The minimum absolute atomic E-state index is 0.000333. The lowest BCUT2D eigenvalue weighted by Crippen LogP contribution is -2.48. The van der Waals surface area contributed by atoms with Gasteiger partial charge in [0.1, 0.15) is 0 Å². The lowest BCUT2D eigenvalue weighted by molar-refractivity contribution is -0.121. The fraction of sp³-hybridized carbons (Fsp3) is 0.333. The molecule has 2 aromatic carbocycles. The van der Waals surface area contributed by atoms with E-state index in [2.05, 4.69) is 39.8 Å². The zero-order valence-corrected chi connectivity index (χ0v) is 20.1. The molecule has 166 valence electrons. The van der Waals surface area contributed by atoms with E-state index in [9.17, 15) is 9.59 Å². The molecular weight excluding hydrogens is 416 g/mol. The van der Waals surface area contributed by atoms with Gasteiger partial charge in [0, 0.05) is 29.7 Å². The Kier molecular flexibility index (Phi) is 6.20. The Hall–Kier alpha value is -2.92. The first kappa shape index (κ1) is 22.3. The summed E-state index contributed by atoms with van der Waals surface area (Å²) in [6, 6.07) is 17.4. The molecule has 0 saturated heterocycles. The largest absolute Gasteiger partial charge is 0.329 e. The molecule has 0 spiro atoms. The van der Waals surface area contributed by atoms with Crippen LogP contribution in [0.25, 0.3) is 0 Å². The minimum atomic E-state index is -0.465. The number of likely N-dealkylation sites (N-methyl/N-ethyl adjacent to an activating group) is 1. The van der Waals surface area contributed by atoms with Crippen molar-refractivity contribution in [2.24, 2.45) is 5.92 Å². The average Bonchev–Trinajstić information content (AvgIpc) is 3.30. The summed E-state index contributed by atoms with van der Waals surface area (Å²) in [5, 5.41) is 2.02. The Labute approximate surface area is 194 Å². The molecule has 3 aromatic rings. The Morgan fingerprint density at radius 2 is 1.81 bits per heavy atom. The van der Waals surface area contributed by atoms with Crippen LogP contribution < -0.4 is 4.90 Å². The molecule has 1 aromatic heterocycles. The highest BCUT2D eigenvalue weighted by molar-refractivity contribution is 7.10. The van der Waals surface area contributed by atoms with Gasteiger partial charge >= 0.3 is 0 Å². The molecule has 0 aliphatic carbocycles. The molecule has 4 rings (SSSR count). The highest BCUT2D eigenvalue weighted by atomic mass is 32.1. The number of carbonyl (C=O) groups excluding carboxylic acids is 2. The maximum Gasteiger partial charge on any atom is 0.254 e. The van der Waals surface area contributed by atoms with Crippen LogP contribution in [0.3, 0.4) is 0 Å². The van der Waals surface area contributed by atoms with Gasteiger partial charge in [-0.3, -0.25) is 9.59 Å². The molecule has 5 heteroatoms. The number of fused-ring (bicyclic) bond motifs is 1. The molecule has 32 heavy (non-hydrogen) atoms. The monoisotopic (exact) mass is 446 g/mol.